The van der Waals surface area contributed by atoms with Gasteiger partial charge in [0.05, 0.1) is 24.9 Å². The smallest absolute Gasteiger partial charge is 0.343 e. The highest BCUT2D eigenvalue weighted by Gasteiger charge is 2.09. The average molecular weight is 524 g/mol. The summed E-state index contributed by atoms with van der Waals surface area (Å²) in [5, 5.41) is 6.53. The maximum atomic E-state index is 12.3. The number of unbranched alkanes of at least 4 members (excludes halogenated alkanes) is 8. The van der Waals surface area contributed by atoms with Gasteiger partial charge in [0.25, 0.3) is 5.91 Å². The lowest BCUT2D eigenvalue weighted by atomic mass is 10.1. The second kappa shape index (κ2) is 18.5. The van der Waals surface area contributed by atoms with E-state index >= 15 is 0 Å². The summed E-state index contributed by atoms with van der Waals surface area (Å²) in [4.78, 5) is 36.1. The third-order valence-electron chi connectivity index (χ3n) is 5.85. The highest BCUT2D eigenvalue weighted by atomic mass is 16.5. The van der Waals surface area contributed by atoms with E-state index in [0.29, 0.717) is 35.7 Å². The predicted octanol–water partition coefficient (Wildman–Crippen LogP) is 5.79. The topological polar surface area (TPSA) is 106 Å². The second-order valence-electron chi connectivity index (χ2n) is 9.06. The van der Waals surface area contributed by atoms with Gasteiger partial charge in [0.1, 0.15) is 11.5 Å². The van der Waals surface area contributed by atoms with Gasteiger partial charge in [-0.05, 0) is 67.4 Å². The van der Waals surface area contributed by atoms with Crippen molar-refractivity contribution in [2.45, 2.75) is 78.1 Å². The number of nitrogens with zero attached hydrogens (tertiary/aromatic N) is 1. The van der Waals surface area contributed by atoms with Crippen LogP contribution in [0.15, 0.2) is 53.6 Å². The molecule has 0 fully saturated rings. The van der Waals surface area contributed by atoms with Crippen molar-refractivity contribution in [2.24, 2.45) is 5.10 Å². The Morgan fingerprint density at radius 3 is 2.00 bits per heavy atom. The van der Waals surface area contributed by atoms with Crippen molar-refractivity contribution in [1.29, 1.82) is 0 Å². The van der Waals surface area contributed by atoms with Crippen LogP contribution in [0, 0.1) is 0 Å². The van der Waals surface area contributed by atoms with Crippen molar-refractivity contribution < 1.29 is 23.9 Å². The minimum atomic E-state index is -0.471. The molecule has 0 saturated carbocycles. The maximum absolute atomic E-state index is 12.3. The van der Waals surface area contributed by atoms with Gasteiger partial charge in [-0.25, -0.2) is 10.2 Å². The Morgan fingerprint density at radius 1 is 0.763 bits per heavy atom. The van der Waals surface area contributed by atoms with Gasteiger partial charge < -0.3 is 14.8 Å². The fourth-order valence-corrected chi connectivity index (χ4v) is 3.72. The number of benzene rings is 2. The number of carbonyl (C=O) groups is 3. The van der Waals surface area contributed by atoms with Gasteiger partial charge in [0.2, 0.25) is 5.91 Å². The third kappa shape index (κ3) is 13.0. The third-order valence-corrected chi connectivity index (χ3v) is 5.85. The highest BCUT2D eigenvalue weighted by Crippen LogP contribution is 2.16. The van der Waals surface area contributed by atoms with Crippen molar-refractivity contribution in [3.05, 3.63) is 59.7 Å². The van der Waals surface area contributed by atoms with Gasteiger partial charge in [0.15, 0.2) is 0 Å². The molecule has 0 bridgehead atoms. The normalized spacial score (nSPS) is 10.8. The van der Waals surface area contributed by atoms with E-state index < -0.39 is 11.9 Å². The molecule has 0 heterocycles. The molecule has 8 nitrogen and oxygen atoms in total. The summed E-state index contributed by atoms with van der Waals surface area (Å²) >= 11 is 0. The quantitative estimate of drug-likeness (QED) is 0.0845. The lowest BCUT2D eigenvalue weighted by molar-refractivity contribution is -0.126. The first-order valence-electron chi connectivity index (χ1n) is 13.7. The van der Waals surface area contributed by atoms with Gasteiger partial charge in [-0.1, -0.05) is 58.3 Å². The van der Waals surface area contributed by atoms with Gasteiger partial charge >= 0.3 is 5.97 Å². The lowest BCUT2D eigenvalue weighted by Crippen LogP contribution is -2.34. The van der Waals surface area contributed by atoms with Gasteiger partial charge in [-0.2, -0.15) is 5.10 Å². The monoisotopic (exact) mass is 523 g/mol. The molecule has 0 atom stereocenters. The molecule has 8 heteroatoms. The highest BCUT2D eigenvalue weighted by molar-refractivity contribution is 5.91. The molecular formula is C30H41N3O5. The van der Waals surface area contributed by atoms with Crippen LogP contribution in [0.25, 0.3) is 0 Å². The van der Waals surface area contributed by atoms with Crippen molar-refractivity contribution in [2.75, 3.05) is 13.2 Å². The summed E-state index contributed by atoms with van der Waals surface area (Å²) < 4.78 is 10.8. The fourth-order valence-electron chi connectivity index (χ4n) is 3.72. The lowest BCUT2D eigenvalue weighted by Gasteiger charge is -2.06. The first kappa shape index (κ1) is 30.5. The van der Waals surface area contributed by atoms with Crippen molar-refractivity contribution in [1.82, 2.24) is 10.7 Å². The molecule has 2 N–H and O–H groups in total. The van der Waals surface area contributed by atoms with Crippen LogP contribution in [-0.4, -0.2) is 37.1 Å². The Bertz CT molecular complexity index is 1000. The van der Waals surface area contributed by atoms with Crippen molar-refractivity contribution in [3.63, 3.8) is 0 Å². The molecule has 0 spiro atoms. The summed E-state index contributed by atoms with van der Waals surface area (Å²) in [6.07, 6.45) is 12.6. The first-order chi connectivity index (χ1) is 18.5. The van der Waals surface area contributed by atoms with Crippen molar-refractivity contribution in [3.8, 4) is 11.5 Å². The summed E-state index contributed by atoms with van der Waals surface area (Å²) in [7, 11) is 0. The molecule has 2 rings (SSSR count). The minimum Gasteiger partial charge on any atom is -0.494 e. The van der Waals surface area contributed by atoms with E-state index in [0.717, 1.165) is 19.3 Å². The fraction of sp³-hybridized carbons (Fsp3) is 0.467. The van der Waals surface area contributed by atoms with E-state index in [-0.39, 0.29) is 12.5 Å². The molecule has 0 saturated heterocycles. The Morgan fingerprint density at radius 2 is 1.37 bits per heavy atom. The van der Waals surface area contributed by atoms with Crippen LogP contribution < -0.4 is 20.2 Å². The summed E-state index contributed by atoms with van der Waals surface area (Å²) in [5.74, 6) is 0.0858. The number of hydrogen-bond donors (Lipinski definition) is 2. The van der Waals surface area contributed by atoms with E-state index in [1.165, 1.54) is 44.7 Å². The SMILES string of the molecule is CCCCCCCCCCCC(=O)NCC(=O)N/N=C/c1ccc(OC(=O)c2ccc(OCC)cc2)cc1. The number of rotatable bonds is 18. The van der Waals surface area contributed by atoms with Gasteiger partial charge in [-0.15, -0.1) is 0 Å². The molecular weight excluding hydrogens is 482 g/mol. The summed E-state index contributed by atoms with van der Waals surface area (Å²) in [6, 6.07) is 13.4. The van der Waals surface area contributed by atoms with E-state index in [1.807, 2.05) is 6.92 Å². The molecule has 2 amide bonds. The molecule has 0 unspecified atom stereocenters. The summed E-state index contributed by atoms with van der Waals surface area (Å²) in [6.45, 7) is 4.55. The van der Waals surface area contributed by atoms with Crippen LogP contribution in [0.2, 0.25) is 0 Å². The van der Waals surface area contributed by atoms with Crippen molar-refractivity contribution >= 4 is 24.0 Å². The largest absolute Gasteiger partial charge is 0.494 e. The number of ether oxygens (including phenoxy) is 2. The summed E-state index contributed by atoms with van der Waals surface area (Å²) in [5.41, 5.74) is 3.52. The van der Waals surface area contributed by atoms with E-state index in [4.69, 9.17) is 9.47 Å². The Labute approximate surface area is 226 Å². The maximum Gasteiger partial charge on any atom is 0.343 e. The van der Waals surface area contributed by atoms with Crippen LogP contribution in [-0.2, 0) is 9.59 Å². The number of carbonyl (C=O) groups excluding carboxylic acids is 3. The predicted molar refractivity (Wildman–Crippen MR) is 150 cm³/mol. The zero-order chi connectivity index (χ0) is 27.4. The Kier molecular flexibility index (Phi) is 14.9. The number of nitrogens with one attached hydrogen (secondary N) is 2. The van der Waals surface area contributed by atoms with E-state index in [2.05, 4.69) is 22.8 Å². The first-order valence-corrected chi connectivity index (χ1v) is 13.7. The van der Waals surface area contributed by atoms with Crippen LogP contribution >= 0.6 is 0 Å². The van der Waals surface area contributed by atoms with Crippen LogP contribution in [0.4, 0.5) is 0 Å². The standard InChI is InChI=1S/C30H41N3O5/c1-3-5-6-7-8-9-10-11-12-13-28(34)31-23-29(35)33-32-22-24-14-18-27(19-15-24)38-30(36)25-16-20-26(21-17-25)37-4-2/h14-22H,3-13,23H2,1-2H3,(H,31,34)(H,33,35)/b32-22+. The molecule has 206 valence electrons. The minimum absolute atomic E-state index is 0.117. The van der Waals surface area contributed by atoms with Gasteiger partial charge in [-0.3, -0.25) is 9.59 Å². The number of esters is 1. The van der Waals surface area contributed by atoms with E-state index in [1.54, 1.807) is 48.5 Å². The van der Waals surface area contributed by atoms with Crippen LogP contribution in [0.5, 0.6) is 11.5 Å². The number of amides is 2. The Balaban J connectivity index is 1.60. The molecule has 0 aliphatic heterocycles. The molecule has 0 aromatic heterocycles. The number of hydrazone groups is 1. The zero-order valence-corrected chi connectivity index (χ0v) is 22.7. The van der Waals surface area contributed by atoms with Crippen LogP contribution in [0.3, 0.4) is 0 Å². The molecule has 0 aliphatic carbocycles. The molecule has 38 heavy (non-hydrogen) atoms. The molecule has 2 aromatic rings. The number of hydrogen-bond acceptors (Lipinski definition) is 6. The Hall–Kier alpha value is -3.68. The van der Waals surface area contributed by atoms with E-state index in [9.17, 15) is 14.4 Å². The second-order valence-corrected chi connectivity index (χ2v) is 9.06. The van der Waals surface area contributed by atoms with Crippen LogP contribution in [0.1, 0.15) is 94.0 Å². The zero-order valence-electron chi connectivity index (χ0n) is 22.7. The molecule has 2 aromatic carbocycles. The average Bonchev–Trinajstić information content (AvgIpc) is 2.92. The molecule has 0 radical (unpaired) electrons. The molecule has 0 aliphatic rings. The van der Waals surface area contributed by atoms with Gasteiger partial charge in [0, 0.05) is 6.42 Å².